The van der Waals surface area contributed by atoms with Crippen molar-refractivity contribution in [3.05, 3.63) is 149 Å². The zero-order valence-electron chi connectivity index (χ0n) is 22.9. The molecule has 4 rings (SSSR count). The maximum absolute atomic E-state index is 15.3. The van der Waals surface area contributed by atoms with Gasteiger partial charge in [0, 0.05) is 24.4 Å². The Balaban J connectivity index is 1.57. The first-order valence-corrected chi connectivity index (χ1v) is 15.2. The van der Waals surface area contributed by atoms with Gasteiger partial charge in [0.25, 0.3) is 5.91 Å². The number of halogens is 1. The topological polar surface area (TPSA) is 105 Å². The number of benzene rings is 3. The summed E-state index contributed by atoms with van der Waals surface area (Å²) in [5.41, 5.74) is 2.53. The molecular weight excluding hydrogens is 553 g/mol. The van der Waals surface area contributed by atoms with E-state index in [1.54, 1.807) is 30.3 Å². The first-order chi connectivity index (χ1) is 20.3. The van der Waals surface area contributed by atoms with E-state index < -0.39 is 44.6 Å². The Labute approximate surface area is 245 Å². The predicted molar refractivity (Wildman–Crippen MR) is 161 cm³/mol. The Morgan fingerprint density at radius 1 is 0.762 bits per heavy atom. The number of sulfone groups is 1. The lowest BCUT2D eigenvalue weighted by Gasteiger charge is -2.22. The zero-order valence-corrected chi connectivity index (χ0v) is 23.7. The van der Waals surface area contributed by atoms with Crippen LogP contribution in [0.1, 0.15) is 33.5 Å². The summed E-state index contributed by atoms with van der Waals surface area (Å²) in [5, 5.41) is 4.24. The van der Waals surface area contributed by atoms with Crippen LogP contribution in [0.15, 0.2) is 127 Å². The van der Waals surface area contributed by atoms with E-state index in [9.17, 15) is 18.0 Å². The minimum absolute atomic E-state index is 0.174. The molecule has 0 aliphatic heterocycles. The van der Waals surface area contributed by atoms with E-state index in [0.29, 0.717) is 17.5 Å². The van der Waals surface area contributed by atoms with Crippen LogP contribution < -0.4 is 10.6 Å². The Hall–Kier alpha value is -4.63. The highest BCUT2D eigenvalue weighted by atomic mass is 32.2. The summed E-state index contributed by atoms with van der Waals surface area (Å²) >= 11 is 0. The molecule has 7 nitrogen and oxygen atoms in total. The van der Waals surface area contributed by atoms with Crippen molar-refractivity contribution in [1.82, 2.24) is 15.6 Å². The van der Waals surface area contributed by atoms with Gasteiger partial charge < -0.3 is 10.6 Å². The minimum atomic E-state index is -4.28. The third kappa shape index (κ3) is 9.21. The Morgan fingerprint density at radius 2 is 1.31 bits per heavy atom. The summed E-state index contributed by atoms with van der Waals surface area (Å²) in [5.74, 6) is -1.54. The number of carbonyl (C=O) groups excluding carboxylic acids is 2. The van der Waals surface area contributed by atoms with Crippen molar-refractivity contribution in [3.63, 3.8) is 0 Å². The maximum atomic E-state index is 15.3. The van der Waals surface area contributed by atoms with Crippen LogP contribution in [0.5, 0.6) is 0 Å². The number of carbonyl (C=O) groups is 2. The fourth-order valence-corrected chi connectivity index (χ4v) is 5.52. The Morgan fingerprint density at radius 3 is 1.90 bits per heavy atom. The fraction of sp³-hybridized carbons (Fsp3) is 0.182. The molecule has 0 fully saturated rings. The molecule has 4 aromatic rings. The number of aromatic nitrogens is 1. The van der Waals surface area contributed by atoms with Crippen LogP contribution in [0.4, 0.5) is 4.39 Å². The van der Waals surface area contributed by atoms with E-state index in [1.165, 1.54) is 24.5 Å². The number of pyridine rings is 1. The first-order valence-electron chi connectivity index (χ1n) is 13.5. The molecule has 0 saturated heterocycles. The highest BCUT2D eigenvalue weighted by Crippen LogP contribution is 2.18. The third-order valence-electron chi connectivity index (χ3n) is 6.59. The zero-order chi connectivity index (χ0) is 29.8. The van der Waals surface area contributed by atoms with Gasteiger partial charge >= 0.3 is 0 Å². The van der Waals surface area contributed by atoms with Crippen molar-refractivity contribution >= 4 is 21.7 Å². The lowest BCUT2D eigenvalue weighted by molar-refractivity contribution is -0.123. The molecule has 3 aromatic carbocycles. The largest absolute Gasteiger partial charge is 0.348 e. The summed E-state index contributed by atoms with van der Waals surface area (Å²) in [6.45, 7) is 0. The quantitative estimate of drug-likeness (QED) is 0.231. The summed E-state index contributed by atoms with van der Waals surface area (Å²) in [6, 6.07) is 28.0. The molecule has 216 valence electrons. The second-order valence-corrected chi connectivity index (χ2v) is 11.7. The molecule has 2 amide bonds. The smallest absolute Gasteiger partial charge is 0.252 e. The van der Waals surface area contributed by atoms with Gasteiger partial charge in [0.1, 0.15) is 6.04 Å². The van der Waals surface area contributed by atoms with Crippen molar-refractivity contribution in [2.24, 2.45) is 0 Å². The van der Waals surface area contributed by atoms with Gasteiger partial charge in [-0.25, -0.2) is 8.42 Å². The third-order valence-corrected chi connectivity index (χ3v) is 8.03. The number of nitrogens with zero attached hydrogens (tertiary/aromatic N) is 1. The summed E-state index contributed by atoms with van der Waals surface area (Å²) in [4.78, 5) is 30.5. The molecule has 0 spiro atoms. The number of amides is 2. The monoisotopic (exact) mass is 585 g/mol. The molecule has 0 aliphatic rings. The molecule has 2 atom stereocenters. The molecule has 0 unspecified atom stereocenters. The molecule has 0 saturated carbocycles. The molecule has 0 aliphatic carbocycles. The Kier molecular flexibility index (Phi) is 10.7. The molecule has 0 radical (unpaired) electrons. The van der Waals surface area contributed by atoms with Gasteiger partial charge in [-0.1, -0.05) is 91.0 Å². The number of aryl methyl sites for hydroxylation is 1. The predicted octanol–water partition coefficient (Wildman–Crippen LogP) is 4.97. The van der Waals surface area contributed by atoms with Crippen molar-refractivity contribution in [2.75, 3.05) is 0 Å². The van der Waals surface area contributed by atoms with E-state index in [-0.39, 0.29) is 12.8 Å². The minimum Gasteiger partial charge on any atom is -0.348 e. The standard InChI is InChI=1S/C33H32FN3O4S/c34-31(42(40,41)24-27-14-8-3-9-15-27)23-29(17-16-25-10-4-1-5-11-25)36-33(39)30(22-26-12-6-2-7-13-26)37-32(38)28-18-20-35-21-19-28/h1-15,18-21,23,29-30H,16-17,22,24H2,(H,36,39)(H,37,38)/b31-23+/t29-,30-/m0/s1. The van der Waals surface area contributed by atoms with E-state index in [0.717, 1.165) is 17.2 Å². The van der Waals surface area contributed by atoms with Crippen molar-refractivity contribution in [2.45, 2.75) is 37.1 Å². The van der Waals surface area contributed by atoms with Gasteiger partial charge in [-0.05, 0) is 47.7 Å². The van der Waals surface area contributed by atoms with Gasteiger partial charge in [0.05, 0.1) is 11.8 Å². The summed E-state index contributed by atoms with van der Waals surface area (Å²) < 4.78 is 41.0. The van der Waals surface area contributed by atoms with E-state index in [2.05, 4.69) is 15.6 Å². The summed E-state index contributed by atoms with van der Waals surface area (Å²) in [6.07, 6.45) is 4.77. The van der Waals surface area contributed by atoms with Crippen LogP contribution >= 0.6 is 0 Å². The van der Waals surface area contributed by atoms with Crippen LogP contribution in [0.25, 0.3) is 0 Å². The molecule has 9 heteroatoms. The van der Waals surface area contributed by atoms with Gasteiger partial charge in [0.2, 0.25) is 20.9 Å². The van der Waals surface area contributed by atoms with Crippen molar-refractivity contribution < 1.29 is 22.4 Å². The van der Waals surface area contributed by atoms with E-state index >= 15 is 4.39 Å². The lowest BCUT2D eigenvalue weighted by atomic mass is 10.0. The van der Waals surface area contributed by atoms with Crippen LogP contribution in [0.3, 0.4) is 0 Å². The van der Waals surface area contributed by atoms with Crippen molar-refractivity contribution in [3.8, 4) is 0 Å². The van der Waals surface area contributed by atoms with Crippen LogP contribution in [0.2, 0.25) is 0 Å². The number of nitrogens with one attached hydrogen (secondary N) is 2. The lowest BCUT2D eigenvalue weighted by Crippen LogP contribution is -2.50. The van der Waals surface area contributed by atoms with Crippen LogP contribution in [-0.4, -0.2) is 37.3 Å². The molecule has 2 N–H and O–H groups in total. The van der Waals surface area contributed by atoms with Gasteiger partial charge in [-0.3, -0.25) is 14.6 Å². The number of hydrogen-bond donors (Lipinski definition) is 2. The normalized spacial score (nSPS) is 13.1. The van der Waals surface area contributed by atoms with Gasteiger partial charge in [0.15, 0.2) is 0 Å². The average Bonchev–Trinajstić information content (AvgIpc) is 3.01. The van der Waals surface area contributed by atoms with E-state index in [4.69, 9.17) is 0 Å². The second kappa shape index (κ2) is 14.8. The molecular formula is C33H32FN3O4S. The molecule has 0 bridgehead atoms. The van der Waals surface area contributed by atoms with Crippen LogP contribution in [-0.2, 0) is 33.2 Å². The number of hydrogen-bond acceptors (Lipinski definition) is 5. The van der Waals surface area contributed by atoms with Gasteiger partial charge in [-0.15, -0.1) is 0 Å². The average molecular weight is 586 g/mol. The second-order valence-electron chi connectivity index (χ2n) is 9.81. The fourth-order valence-electron chi connectivity index (χ4n) is 4.38. The van der Waals surface area contributed by atoms with E-state index in [1.807, 2.05) is 60.7 Å². The Bertz CT molecular complexity index is 1580. The maximum Gasteiger partial charge on any atom is 0.252 e. The highest BCUT2D eigenvalue weighted by Gasteiger charge is 2.26. The first kappa shape index (κ1) is 30.3. The van der Waals surface area contributed by atoms with Gasteiger partial charge in [-0.2, -0.15) is 4.39 Å². The van der Waals surface area contributed by atoms with Crippen molar-refractivity contribution in [1.29, 1.82) is 0 Å². The van der Waals surface area contributed by atoms with Crippen LogP contribution in [0, 0.1) is 0 Å². The summed E-state index contributed by atoms with van der Waals surface area (Å²) in [7, 11) is -4.28. The highest BCUT2D eigenvalue weighted by molar-refractivity contribution is 7.94. The SMILES string of the molecule is O=C(N[C@@H](Cc1ccccc1)C(=O)N[C@H](/C=C(\F)S(=O)(=O)Cc1ccccc1)CCc1ccccc1)c1ccncc1. The molecule has 42 heavy (non-hydrogen) atoms. The number of rotatable bonds is 13. The molecule has 1 heterocycles. The molecule has 1 aromatic heterocycles.